The highest BCUT2D eigenvalue weighted by Gasteiger charge is 2.29. The Hall–Kier alpha value is -3.87. The molecule has 0 radical (unpaired) electrons. The first kappa shape index (κ1) is 19.4. The lowest BCUT2D eigenvalue weighted by atomic mass is 9.98. The van der Waals surface area contributed by atoms with Gasteiger partial charge in [-0.25, -0.2) is 14.0 Å². The van der Waals surface area contributed by atoms with E-state index in [0.29, 0.717) is 0 Å². The van der Waals surface area contributed by atoms with Crippen molar-refractivity contribution in [1.82, 2.24) is 0 Å². The minimum absolute atomic E-state index is 0.0416. The number of carbonyl (C=O) groups excluding carboxylic acids is 1. The summed E-state index contributed by atoms with van der Waals surface area (Å²) in [7, 11) is 1.19. The molecule has 0 atom stereocenters. The third-order valence-corrected chi connectivity index (χ3v) is 5.11. The van der Waals surface area contributed by atoms with Gasteiger partial charge in [-0.05, 0) is 34.4 Å². The van der Waals surface area contributed by atoms with Crippen LogP contribution in [0.2, 0.25) is 0 Å². The van der Waals surface area contributed by atoms with Gasteiger partial charge in [-0.15, -0.1) is 0 Å². The van der Waals surface area contributed by atoms with Gasteiger partial charge in [0.25, 0.3) is 0 Å². The van der Waals surface area contributed by atoms with Gasteiger partial charge in [0.1, 0.15) is 12.3 Å². The molecule has 7 heteroatoms. The van der Waals surface area contributed by atoms with Gasteiger partial charge in [0, 0.05) is 5.92 Å². The van der Waals surface area contributed by atoms with E-state index in [1.807, 2.05) is 48.5 Å². The number of nitrogens with one attached hydrogen (secondary N) is 1. The normalized spacial score (nSPS) is 12.1. The topological polar surface area (TPSA) is 84.9 Å². The molecule has 2 N–H and O–H groups in total. The van der Waals surface area contributed by atoms with Crippen molar-refractivity contribution in [2.24, 2.45) is 0 Å². The van der Waals surface area contributed by atoms with Crippen molar-refractivity contribution in [3.8, 4) is 16.9 Å². The number of carboxylic acids is 1. The number of ether oxygens (including phenoxy) is 2. The van der Waals surface area contributed by atoms with Crippen LogP contribution >= 0.6 is 0 Å². The minimum Gasteiger partial charge on any atom is -0.492 e. The van der Waals surface area contributed by atoms with Gasteiger partial charge in [-0.3, -0.25) is 5.32 Å². The largest absolute Gasteiger partial charge is 0.492 e. The van der Waals surface area contributed by atoms with Crippen LogP contribution in [-0.4, -0.2) is 30.9 Å². The lowest BCUT2D eigenvalue weighted by Gasteiger charge is -2.16. The average molecular weight is 407 g/mol. The Balaban J connectivity index is 1.56. The SMILES string of the molecule is COc1c(F)ccc(C(=O)O)c1NC(=O)OCC1c2ccccc2-c2ccccc21. The number of fused-ring (bicyclic) bond motifs is 3. The summed E-state index contributed by atoms with van der Waals surface area (Å²) < 4.78 is 24.3. The second-order valence-electron chi connectivity index (χ2n) is 6.76. The number of methoxy groups -OCH3 is 1. The molecule has 0 unspecified atom stereocenters. The molecule has 1 aliphatic carbocycles. The fraction of sp³-hybridized carbons (Fsp3) is 0.130. The standard InChI is InChI=1S/C23H18FNO5/c1-29-21-19(24)11-10-17(22(26)27)20(21)25-23(28)30-12-18-15-8-4-2-6-13(15)14-7-3-5-9-16(14)18/h2-11,18H,12H2,1H3,(H,25,28)(H,26,27). The second kappa shape index (κ2) is 7.87. The quantitative estimate of drug-likeness (QED) is 0.629. The molecule has 4 rings (SSSR count). The smallest absolute Gasteiger partial charge is 0.411 e. The van der Waals surface area contributed by atoms with Crippen molar-refractivity contribution in [2.45, 2.75) is 5.92 Å². The fourth-order valence-electron chi connectivity index (χ4n) is 3.80. The Bertz CT molecular complexity index is 1100. The third kappa shape index (κ3) is 3.34. The van der Waals surface area contributed by atoms with E-state index in [-0.39, 0.29) is 29.5 Å². The van der Waals surface area contributed by atoms with Crippen LogP contribution in [0.5, 0.6) is 5.75 Å². The Morgan fingerprint density at radius 3 is 2.17 bits per heavy atom. The molecule has 1 aliphatic rings. The number of halogens is 1. The van der Waals surface area contributed by atoms with Crippen LogP contribution in [0.25, 0.3) is 11.1 Å². The van der Waals surface area contributed by atoms with Crippen LogP contribution in [0, 0.1) is 5.82 Å². The number of hydrogen-bond acceptors (Lipinski definition) is 4. The number of hydrogen-bond donors (Lipinski definition) is 2. The van der Waals surface area contributed by atoms with Crippen LogP contribution < -0.4 is 10.1 Å². The molecule has 0 aromatic heterocycles. The number of benzene rings is 3. The van der Waals surface area contributed by atoms with Crippen molar-refractivity contribution < 1.29 is 28.6 Å². The molecular weight excluding hydrogens is 389 g/mol. The predicted molar refractivity (Wildman–Crippen MR) is 109 cm³/mol. The number of anilines is 1. The van der Waals surface area contributed by atoms with Gasteiger partial charge in [0.05, 0.1) is 12.7 Å². The first-order chi connectivity index (χ1) is 14.5. The zero-order chi connectivity index (χ0) is 21.3. The molecular formula is C23H18FNO5. The first-order valence-electron chi connectivity index (χ1n) is 9.23. The fourth-order valence-corrected chi connectivity index (χ4v) is 3.80. The Labute approximate surface area is 171 Å². The van der Waals surface area contributed by atoms with E-state index in [1.54, 1.807) is 0 Å². The van der Waals surface area contributed by atoms with Crippen molar-refractivity contribution in [3.05, 3.63) is 83.2 Å². The number of amides is 1. The van der Waals surface area contributed by atoms with E-state index in [4.69, 9.17) is 9.47 Å². The van der Waals surface area contributed by atoms with Gasteiger partial charge in [-0.1, -0.05) is 48.5 Å². The van der Waals surface area contributed by atoms with Crippen molar-refractivity contribution >= 4 is 17.7 Å². The zero-order valence-electron chi connectivity index (χ0n) is 16.0. The summed E-state index contributed by atoms with van der Waals surface area (Å²) in [6, 6.07) is 17.8. The highest BCUT2D eigenvalue weighted by Crippen LogP contribution is 2.44. The van der Waals surface area contributed by atoms with Crippen LogP contribution in [0.15, 0.2) is 60.7 Å². The Morgan fingerprint density at radius 1 is 1.00 bits per heavy atom. The van der Waals surface area contributed by atoms with Gasteiger partial charge >= 0.3 is 12.1 Å². The number of carboxylic acid groups (broad SMARTS) is 1. The van der Waals surface area contributed by atoms with E-state index < -0.39 is 17.9 Å². The predicted octanol–water partition coefficient (Wildman–Crippen LogP) is 4.89. The molecule has 0 bridgehead atoms. The number of rotatable bonds is 5. The van der Waals surface area contributed by atoms with Crippen LogP contribution in [-0.2, 0) is 4.74 Å². The molecule has 0 spiro atoms. The summed E-state index contributed by atoms with van der Waals surface area (Å²) in [4.78, 5) is 23.9. The average Bonchev–Trinajstić information content (AvgIpc) is 3.06. The summed E-state index contributed by atoms with van der Waals surface area (Å²) in [5.41, 5.74) is 3.66. The van der Waals surface area contributed by atoms with Gasteiger partial charge in [0.15, 0.2) is 11.6 Å². The van der Waals surface area contributed by atoms with Crippen molar-refractivity contribution in [2.75, 3.05) is 19.0 Å². The maximum Gasteiger partial charge on any atom is 0.411 e. The molecule has 0 saturated heterocycles. The molecule has 0 saturated carbocycles. The first-order valence-corrected chi connectivity index (χ1v) is 9.23. The Kier molecular flexibility index (Phi) is 5.10. The molecule has 152 valence electrons. The van der Waals surface area contributed by atoms with Gasteiger partial charge in [0.2, 0.25) is 0 Å². The van der Waals surface area contributed by atoms with Crippen LogP contribution in [0.1, 0.15) is 27.4 Å². The monoisotopic (exact) mass is 407 g/mol. The molecule has 0 aliphatic heterocycles. The molecule has 30 heavy (non-hydrogen) atoms. The van der Waals surface area contributed by atoms with Gasteiger partial charge < -0.3 is 14.6 Å². The van der Waals surface area contributed by atoms with E-state index in [0.717, 1.165) is 34.4 Å². The molecule has 3 aromatic carbocycles. The van der Waals surface area contributed by atoms with Crippen LogP contribution in [0.3, 0.4) is 0 Å². The summed E-state index contributed by atoms with van der Waals surface area (Å²) in [5.74, 6) is -2.65. The van der Waals surface area contributed by atoms with Crippen molar-refractivity contribution in [1.29, 1.82) is 0 Å². The van der Waals surface area contributed by atoms with E-state index in [2.05, 4.69) is 5.32 Å². The highest BCUT2D eigenvalue weighted by molar-refractivity contribution is 6.00. The van der Waals surface area contributed by atoms with Crippen LogP contribution in [0.4, 0.5) is 14.9 Å². The second-order valence-corrected chi connectivity index (χ2v) is 6.76. The molecule has 1 amide bonds. The van der Waals surface area contributed by atoms with E-state index in [1.165, 1.54) is 7.11 Å². The molecule has 0 fully saturated rings. The van der Waals surface area contributed by atoms with Gasteiger partial charge in [-0.2, -0.15) is 0 Å². The highest BCUT2D eigenvalue weighted by atomic mass is 19.1. The summed E-state index contributed by atoms with van der Waals surface area (Å²) >= 11 is 0. The molecule has 0 heterocycles. The van der Waals surface area contributed by atoms with E-state index >= 15 is 0 Å². The maximum absolute atomic E-state index is 14.0. The summed E-state index contributed by atoms with van der Waals surface area (Å²) in [6.07, 6.45) is -0.900. The summed E-state index contributed by atoms with van der Waals surface area (Å²) in [5, 5.41) is 11.7. The lowest BCUT2D eigenvalue weighted by Crippen LogP contribution is -2.20. The molecule has 6 nitrogen and oxygen atoms in total. The minimum atomic E-state index is -1.33. The maximum atomic E-state index is 14.0. The molecule has 3 aromatic rings. The number of aromatic carboxylic acids is 1. The Morgan fingerprint density at radius 2 is 1.60 bits per heavy atom. The number of carbonyl (C=O) groups is 2. The summed E-state index contributed by atoms with van der Waals surface area (Å²) in [6.45, 7) is 0.0416. The zero-order valence-corrected chi connectivity index (χ0v) is 16.0. The lowest BCUT2D eigenvalue weighted by molar-refractivity contribution is 0.0697. The third-order valence-electron chi connectivity index (χ3n) is 5.11. The van der Waals surface area contributed by atoms with Crippen molar-refractivity contribution in [3.63, 3.8) is 0 Å². The van der Waals surface area contributed by atoms with E-state index in [9.17, 15) is 19.1 Å².